The van der Waals surface area contributed by atoms with Crippen LogP contribution in [0.25, 0.3) is 25.0 Å². The van der Waals surface area contributed by atoms with Crippen LogP contribution in [-0.4, -0.2) is 156 Å². The number of ether oxygens (including phenoxy) is 1. The van der Waals surface area contributed by atoms with E-state index in [2.05, 4.69) is 44.9 Å². The van der Waals surface area contributed by atoms with Crippen molar-refractivity contribution in [3.05, 3.63) is 138 Å². The van der Waals surface area contributed by atoms with Gasteiger partial charge in [0.1, 0.15) is 24.5 Å². The molecule has 2 saturated heterocycles. The van der Waals surface area contributed by atoms with Gasteiger partial charge in [0.25, 0.3) is 36.4 Å². The Morgan fingerprint density at radius 1 is 0.803 bits per heavy atom. The number of hydrogen-bond donors (Lipinski definition) is 5. The van der Waals surface area contributed by atoms with Crippen molar-refractivity contribution >= 4 is 68.1 Å². The summed E-state index contributed by atoms with van der Waals surface area (Å²) >= 11 is 5.00. The van der Waals surface area contributed by atoms with E-state index in [1.54, 1.807) is 53.7 Å². The standard InChI is InChI=1S/C11H9N3O2.C11H6N2O3S.C8H12N2O4.C8H12N2O3S.C6H5NO3.5Y/c1-11(2)7(6-15)8(12-3)9(16-11)10(13-4)14-5;1-13-8(6-12)10-7-4-2-3-5-9(7)17(15,16)11(10)14;2*1-3-9-6(12)5(11)7(13)10(4-2)8(9)14;8-6-3-1-5(2-4-6)7(9)10;;;;;/h15H,6H2,1-2H3;2-5,11,14H;2*5,11H,3-4H2,1-2H3;1-4,8H;;;;;/b;10-8+;;;;;;;;/t;11-;;;;;;;;/m.1......../s1/i15T;14T;2*11T;;;;;;/hT. The maximum absolute atomic E-state index is 12.1. The largest absolute Gasteiger partial charge is 0.550 e. The number of phenols is 1. The van der Waals surface area contributed by atoms with E-state index in [1.165, 1.54) is 52.3 Å². The number of rotatable bonds is 11. The number of benzene rings is 2. The molecule has 0 saturated carbocycles. The summed E-state index contributed by atoms with van der Waals surface area (Å²) in [5.41, 5.74) is -2.06. The van der Waals surface area contributed by atoms with Gasteiger partial charge in [-0.1, -0.05) is 18.2 Å². The molecule has 2 aromatic rings. The van der Waals surface area contributed by atoms with E-state index < -0.39 is 67.7 Å². The maximum Gasteiger partial charge on any atom is 0.550 e. The smallest absolute Gasteiger partial charge is 0.508 e. The number of non-ortho nitro benzene ring substituents is 1. The molecule has 5 radical (unpaired) electrons. The molecule has 0 aromatic heterocycles. The number of sulfone groups is 1. The molecular formula is C44H44N10O15S2Y5. The van der Waals surface area contributed by atoms with Crippen molar-refractivity contribution in [3.63, 3.8) is 0 Å². The number of imide groups is 2. The van der Waals surface area contributed by atoms with Gasteiger partial charge in [0, 0.05) is 213 Å². The quantitative estimate of drug-likeness (QED) is 0.0539. The van der Waals surface area contributed by atoms with Crippen LogP contribution in [0, 0.1) is 47.7 Å². The number of fused-ring (bicyclic) bond motifs is 1. The Kier molecular flexibility index (Phi) is 33.1. The van der Waals surface area contributed by atoms with Crippen LogP contribution in [0.4, 0.5) is 10.5 Å². The Morgan fingerprint density at radius 2 is 1.28 bits per heavy atom. The number of phenolic OH excluding ortho intramolecular Hbond substituents is 1. The third kappa shape index (κ3) is 18.6. The molecule has 0 aliphatic carbocycles. The summed E-state index contributed by atoms with van der Waals surface area (Å²) in [5.74, 6) is -2.67. The van der Waals surface area contributed by atoms with Crippen molar-refractivity contribution in [2.75, 3.05) is 32.8 Å². The van der Waals surface area contributed by atoms with E-state index in [0.29, 0.717) is 18.7 Å². The van der Waals surface area contributed by atoms with Crippen LogP contribution in [-0.2, 0) is 197 Å². The minimum atomic E-state index is -3.87. The topological polar surface area (TPSA) is 327 Å². The van der Waals surface area contributed by atoms with Crippen molar-refractivity contribution in [3.8, 4) is 11.8 Å². The zero-order valence-electron chi connectivity index (χ0n) is 46.2. The van der Waals surface area contributed by atoms with Crippen molar-refractivity contribution < 1.29 is 231 Å². The summed E-state index contributed by atoms with van der Waals surface area (Å²) in [7, 11) is -3.87. The number of carbonyl (C=O) groups is 5. The predicted octanol–water partition coefficient (Wildman–Crippen LogP) is 2.72. The van der Waals surface area contributed by atoms with Crippen molar-refractivity contribution in [1.29, 1.82) is 12.4 Å². The van der Waals surface area contributed by atoms with Crippen LogP contribution in [0.15, 0.2) is 82.0 Å². The monoisotopic (exact) mass is 1470 g/mol. The molecule has 5 N–H and O–H groups in total. The summed E-state index contributed by atoms with van der Waals surface area (Å²) < 4.78 is 63.0. The molecule has 0 spiro atoms. The number of urea groups is 1. The first kappa shape index (κ1) is 69.2. The number of allylic oxidation sites excluding steroid dienone is 1. The van der Waals surface area contributed by atoms with Crippen LogP contribution in [0.3, 0.4) is 0 Å². The van der Waals surface area contributed by atoms with Crippen LogP contribution >= 0.6 is 12.2 Å². The normalized spacial score (nSPS) is 18.0. The van der Waals surface area contributed by atoms with Gasteiger partial charge in [-0.3, -0.25) is 48.9 Å². The first-order valence-corrected chi connectivity index (χ1v) is 22.2. The number of aromatic hydroxyl groups is 1. The first-order valence-electron chi connectivity index (χ1n) is 22.3. The molecule has 76 heavy (non-hydrogen) atoms. The minimum absolute atomic E-state index is 0. The number of hydrogen-bond acceptors (Lipinski definition) is 17. The van der Waals surface area contributed by atoms with Gasteiger partial charge in [-0.2, -0.15) is 9.69 Å². The number of aliphatic hydroxyl groups excluding tert-OH is 4. The van der Waals surface area contributed by atoms with Gasteiger partial charge in [-0.15, -0.1) is 0 Å². The molecule has 4 aliphatic rings. The van der Waals surface area contributed by atoms with E-state index in [-0.39, 0.29) is 239 Å². The molecule has 1 atom stereocenters. The van der Waals surface area contributed by atoms with Gasteiger partial charge >= 0.3 is 11.9 Å². The number of thiocarbonyl (C=S) groups is 1. The SMILES string of the molecule is [3H]OC1C(=O)N(CC)C(=O)N(CC)C1=O.[3H]OC1C(=O)N(CC)C(=S)N(CC)C1=O.[3H]OCC1=C([N+]#[C-])C(=C([N+]#[C-])[N+]#[C-])OC1(C)C.[3H]O[C@H]1/C(=C(\C#N)[N+]#[C-])c2ccccc2S1(=O)=O.[3H]Oc1ccc([N+](=O)[O-])cc1.[Y].[Y].[Y].[Y].[Y]. The third-order valence-corrected chi connectivity index (χ3v) is 12.1. The molecule has 0 bridgehead atoms. The molecule has 25 nitrogen and oxygen atoms in total. The summed E-state index contributed by atoms with van der Waals surface area (Å²) in [6, 6.07) is 12.3. The van der Waals surface area contributed by atoms with E-state index in [4.69, 9.17) is 55.7 Å². The number of carbonyl (C=O) groups excluding carboxylic acids is 5. The van der Waals surface area contributed by atoms with Gasteiger partial charge in [-0.25, -0.2) is 28.2 Å². The summed E-state index contributed by atoms with van der Waals surface area (Å²) in [6.07, 6.45) is -2.89. The Morgan fingerprint density at radius 3 is 1.64 bits per heavy atom. The van der Waals surface area contributed by atoms with E-state index in [1.807, 2.05) is 0 Å². The Bertz CT molecular complexity index is 2840. The second-order valence-corrected chi connectivity index (χ2v) is 16.7. The fourth-order valence-electron chi connectivity index (χ4n) is 6.32. The summed E-state index contributed by atoms with van der Waals surface area (Å²) in [6.45, 7) is 38.8. The number of nitro groups is 1. The third-order valence-electron chi connectivity index (χ3n) is 9.93. The fourth-order valence-corrected chi connectivity index (χ4v) is 8.29. The Labute approximate surface area is 576 Å². The molecule has 4 heterocycles. The average Bonchev–Trinajstić information content (AvgIpc) is 3.79. The van der Waals surface area contributed by atoms with Crippen molar-refractivity contribution in [2.24, 2.45) is 0 Å². The Balaban J connectivity index is -0.000000454. The number of nitriles is 1. The molecule has 6 rings (SSSR count). The first-order chi connectivity index (χ1) is 36.0. The number of likely N-dealkylation sites (N-methyl/N-ethyl adjacent to an activating group) is 4. The molecule has 32 heteroatoms. The van der Waals surface area contributed by atoms with Crippen LogP contribution < -0.4 is 0 Å². The fraction of sp³-hybridized carbons (Fsp3) is 0.341. The van der Waals surface area contributed by atoms with Gasteiger partial charge in [-0.05, 0) is 77.5 Å². The van der Waals surface area contributed by atoms with Gasteiger partial charge in [0.2, 0.25) is 39.2 Å². The summed E-state index contributed by atoms with van der Waals surface area (Å²) in [5, 5.41) is 39.9. The van der Waals surface area contributed by atoms with Gasteiger partial charge < -0.3 is 30.3 Å². The van der Waals surface area contributed by atoms with E-state index in [0.717, 1.165) is 9.80 Å². The van der Waals surface area contributed by atoms with Crippen LogP contribution in [0.5, 0.6) is 5.75 Å². The molecule has 6 amide bonds. The molecule has 0 unspecified atom stereocenters. The molecule has 2 aromatic carbocycles. The summed E-state index contributed by atoms with van der Waals surface area (Å²) in [4.78, 5) is 84.0. The Hall–Kier alpha value is -2.94. The second-order valence-electron chi connectivity index (χ2n) is 14.3. The van der Waals surface area contributed by atoms with Crippen LogP contribution in [0.2, 0.25) is 0 Å². The number of nitrogens with zero attached hydrogens (tertiary/aromatic N) is 10. The van der Waals surface area contributed by atoms with E-state index in [9.17, 15) is 42.5 Å². The average molecular weight is 1470 g/mol. The maximum atomic E-state index is 12.1. The zero-order valence-corrected chi connectivity index (χ0v) is 57.0. The molecule has 387 valence electrons. The molecule has 2 fully saturated rings. The zero-order chi connectivity index (χ0) is 57.8. The van der Waals surface area contributed by atoms with E-state index >= 15 is 0 Å². The second kappa shape index (κ2) is 36.3. The minimum Gasteiger partial charge on any atom is -0.508 e. The number of amides is 6. The van der Waals surface area contributed by atoms with Crippen molar-refractivity contribution in [2.45, 2.75) is 69.7 Å². The van der Waals surface area contributed by atoms with Gasteiger partial charge in [0.15, 0.2) is 10.5 Å². The van der Waals surface area contributed by atoms with Gasteiger partial charge in [0.05, 0.1) is 35.6 Å². The van der Waals surface area contributed by atoms with Crippen LogP contribution in [0.1, 0.15) is 47.1 Å². The number of aliphatic hydroxyl groups is 4. The molecular weight excluding hydrogens is 1420 g/mol. The number of barbiturate groups is 1. The number of nitro benzene ring substituents is 1. The predicted molar refractivity (Wildman–Crippen MR) is 249 cm³/mol. The molecule has 4 aliphatic heterocycles. The van der Waals surface area contributed by atoms with Crippen molar-refractivity contribution in [1.82, 2.24) is 19.6 Å².